The monoisotopic (exact) mass is 525 g/mol. The van der Waals surface area contributed by atoms with Crippen molar-refractivity contribution in [2.24, 2.45) is 0 Å². The first-order chi connectivity index (χ1) is 18.0. The summed E-state index contributed by atoms with van der Waals surface area (Å²) in [5.74, 6) is -0.510. The summed E-state index contributed by atoms with van der Waals surface area (Å²) in [6.07, 6.45) is 25.4. The van der Waals surface area contributed by atoms with Crippen LogP contribution in [0.1, 0.15) is 122 Å². The predicted octanol–water partition coefficient (Wildman–Crippen LogP) is 5.06. The summed E-state index contributed by atoms with van der Waals surface area (Å²) in [5, 5.41) is 41.3. The van der Waals surface area contributed by atoms with E-state index in [1.165, 1.54) is 109 Å². The van der Waals surface area contributed by atoms with Gasteiger partial charge in [-0.3, -0.25) is 4.79 Å². The molecule has 5 N–H and O–H groups in total. The molecule has 1 aliphatic rings. The maximum absolute atomic E-state index is 12.0. The number of unbranched alkanes of at least 4 members (excludes halogenated alkanes) is 17. The Balaban J connectivity index is 1.93. The molecule has 7 nitrogen and oxygen atoms in total. The second-order valence-corrected chi connectivity index (χ2v) is 10.5. The van der Waals surface area contributed by atoms with Gasteiger partial charge in [0.15, 0.2) is 6.29 Å². The van der Waals surface area contributed by atoms with Gasteiger partial charge >= 0.3 is 0 Å². The quantitative estimate of drug-likeness (QED) is 0.0766. The molecule has 0 aliphatic carbocycles. The molecule has 1 unspecified atom stereocenters. The Hall–Kier alpha value is -1.25. The van der Waals surface area contributed by atoms with Crippen LogP contribution in [-0.4, -0.2) is 63.6 Å². The molecule has 1 amide bonds. The van der Waals surface area contributed by atoms with E-state index in [1.54, 1.807) is 6.08 Å². The van der Waals surface area contributed by atoms with E-state index in [1.807, 2.05) is 12.2 Å². The second kappa shape index (κ2) is 22.7. The molecule has 0 spiro atoms. The lowest BCUT2D eigenvalue weighted by Crippen LogP contribution is -2.64. The number of hydrogen-bond acceptors (Lipinski definition) is 6. The largest absolute Gasteiger partial charge is 0.394 e. The van der Waals surface area contributed by atoms with Crippen LogP contribution in [0.25, 0.3) is 0 Å². The summed E-state index contributed by atoms with van der Waals surface area (Å²) in [5.41, 5.74) is 0. The van der Waals surface area contributed by atoms with Crippen LogP contribution in [0, 0.1) is 0 Å². The molecule has 0 saturated carbocycles. The highest BCUT2D eigenvalue weighted by molar-refractivity contribution is 5.88. The Labute approximate surface area is 225 Å². The highest BCUT2D eigenvalue weighted by Crippen LogP contribution is 2.20. The van der Waals surface area contributed by atoms with Gasteiger partial charge in [0.2, 0.25) is 5.91 Å². The van der Waals surface area contributed by atoms with Gasteiger partial charge in [-0.25, -0.2) is 0 Å². The molecule has 5 atom stereocenters. The molecule has 1 rings (SSSR count). The van der Waals surface area contributed by atoms with Crippen LogP contribution in [0.15, 0.2) is 24.3 Å². The Morgan fingerprint density at radius 1 is 0.730 bits per heavy atom. The Kier molecular flexibility index (Phi) is 20.7. The van der Waals surface area contributed by atoms with Crippen molar-refractivity contribution in [2.75, 3.05) is 6.61 Å². The van der Waals surface area contributed by atoms with Crippen molar-refractivity contribution in [3.63, 3.8) is 0 Å². The summed E-state index contributed by atoms with van der Waals surface area (Å²) in [7, 11) is 0. The van der Waals surface area contributed by atoms with Gasteiger partial charge < -0.3 is 30.5 Å². The molecular weight excluding hydrogens is 470 g/mol. The average Bonchev–Trinajstić information content (AvgIpc) is 2.89. The van der Waals surface area contributed by atoms with Gasteiger partial charge in [-0.05, 0) is 12.8 Å². The van der Waals surface area contributed by atoms with E-state index in [-0.39, 0.29) is 0 Å². The standard InChI is InChI=1S/C30H55NO6/c1-2-3-4-5-6-7-8-9-10-11-12-13-14-15-16-17-18-19-20-21-22-23-26(33)31-27-29(35)28(34)25(24-32)37-30(27)36/h20-23,25,27-30,32,34-36H,2-19,24H2,1H3,(H,31,33)/t25-,27-,28-,29-,30?/m1/s1. The van der Waals surface area contributed by atoms with Crippen LogP contribution in [0.4, 0.5) is 0 Å². The maximum Gasteiger partial charge on any atom is 0.244 e. The van der Waals surface area contributed by atoms with Crippen molar-refractivity contribution >= 4 is 5.91 Å². The molecule has 0 radical (unpaired) electrons. The molecular formula is C30H55NO6. The Morgan fingerprint density at radius 3 is 1.70 bits per heavy atom. The number of allylic oxidation sites excluding steroid dienone is 3. The fourth-order valence-electron chi connectivity index (χ4n) is 4.77. The highest BCUT2D eigenvalue weighted by Gasteiger charge is 2.44. The van der Waals surface area contributed by atoms with Crippen LogP contribution in [0.5, 0.6) is 0 Å². The first-order valence-corrected chi connectivity index (χ1v) is 15.0. The van der Waals surface area contributed by atoms with Crippen LogP contribution in [-0.2, 0) is 9.53 Å². The molecule has 1 aliphatic heterocycles. The smallest absolute Gasteiger partial charge is 0.244 e. The number of rotatable bonds is 22. The van der Waals surface area contributed by atoms with Crippen molar-refractivity contribution in [2.45, 2.75) is 153 Å². The van der Waals surface area contributed by atoms with E-state index in [0.29, 0.717) is 0 Å². The summed E-state index contributed by atoms with van der Waals surface area (Å²) in [6, 6.07) is -1.17. The van der Waals surface area contributed by atoms with E-state index in [9.17, 15) is 20.1 Å². The van der Waals surface area contributed by atoms with Gasteiger partial charge in [0.05, 0.1) is 6.61 Å². The third kappa shape index (κ3) is 16.3. The van der Waals surface area contributed by atoms with E-state index in [2.05, 4.69) is 12.2 Å². The van der Waals surface area contributed by atoms with E-state index >= 15 is 0 Å². The van der Waals surface area contributed by atoms with Gasteiger partial charge in [-0.2, -0.15) is 0 Å². The minimum absolute atomic E-state index is 0.510. The molecule has 1 heterocycles. The van der Waals surface area contributed by atoms with Crippen molar-refractivity contribution in [1.29, 1.82) is 0 Å². The van der Waals surface area contributed by atoms with E-state index < -0.39 is 43.2 Å². The van der Waals surface area contributed by atoms with Gasteiger partial charge in [0, 0.05) is 6.08 Å². The molecule has 216 valence electrons. The molecule has 1 fully saturated rings. The van der Waals surface area contributed by atoms with Crippen molar-refractivity contribution < 1.29 is 30.0 Å². The van der Waals surface area contributed by atoms with Gasteiger partial charge in [0.1, 0.15) is 24.4 Å². The Morgan fingerprint density at radius 2 is 1.22 bits per heavy atom. The van der Waals surface area contributed by atoms with Crippen LogP contribution in [0.3, 0.4) is 0 Å². The van der Waals surface area contributed by atoms with Gasteiger partial charge in [0.25, 0.3) is 0 Å². The number of aliphatic hydroxyl groups excluding tert-OH is 4. The average molecular weight is 526 g/mol. The van der Waals surface area contributed by atoms with Crippen LogP contribution < -0.4 is 5.32 Å². The zero-order chi connectivity index (χ0) is 27.1. The van der Waals surface area contributed by atoms with Crippen LogP contribution in [0.2, 0.25) is 0 Å². The lowest BCUT2D eigenvalue weighted by molar-refractivity contribution is -0.253. The number of aliphatic hydroxyl groups is 4. The molecule has 0 bridgehead atoms. The normalized spacial score (nSPS) is 24.3. The fourth-order valence-corrected chi connectivity index (χ4v) is 4.77. The number of carbonyl (C=O) groups is 1. The van der Waals surface area contributed by atoms with Crippen molar-refractivity contribution in [3.8, 4) is 0 Å². The predicted molar refractivity (Wildman–Crippen MR) is 149 cm³/mol. The molecule has 1 saturated heterocycles. The summed E-state index contributed by atoms with van der Waals surface area (Å²) < 4.78 is 5.02. The maximum atomic E-state index is 12.0. The molecule has 37 heavy (non-hydrogen) atoms. The van der Waals surface area contributed by atoms with E-state index in [0.717, 1.165) is 12.8 Å². The first-order valence-electron chi connectivity index (χ1n) is 15.0. The van der Waals surface area contributed by atoms with Crippen molar-refractivity contribution in [3.05, 3.63) is 24.3 Å². The Bertz CT molecular complexity index is 611. The SMILES string of the molecule is CCCCCCCCCCCCCCCCCCCC=CC=CC(=O)N[C@H]1C(O)O[C@H](CO)[C@@H](O)[C@@H]1O. The number of hydrogen-bond donors (Lipinski definition) is 5. The number of ether oxygens (including phenoxy) is 1. The zero-order valence-electron chi connectivity index (χ0n) is 23.2. The highest BCUT2D eigenvalue weighted by atomic mass is 16.6. The molecule has 0 aromatic heterocycles. The lowest BCUT2D eigenvalue weighted by atomic mass is 9.97. The number of amides is 1. The third-order valence-corrected chi connectivity index (χ3v) is 7.18. The molecule has 0 aromatic rings. The topological polar surface area (TPSA) is 119 Å². The number of carbonyl (C=O) groups excluding carboxylic acids is 1. The minimum Gasteiger partial charge on any atom is -0.394 e. The van der Waals surface area contributed by atoms with E-state index in [4.69, 9.17) is 9.84 Å². The van der Waals surface area contributed by atoms with Gasteiger partial charge in [-0.1, -0.05) is 128 Å². The van der Waals surface area contributed by atoms with Crippen LogP contribution >= 0.6 is 0 Å². The van der Waals surface area contributed by atoms with Crippen molar-refractivity contribution in [1.82, 2.24) is 5.32 Å². The molecule has 0 aromatic carbocycles. The van der Waals surface area contributed by atoms with Gasteiger partial charge in [-0.15, -0.1) is 0 Å². The summed E-state index contributed by atoms with van der Waals surface area (Å²) in [4.78, 5) is 12.0. The summed E-state index contributed by atoms with van der Waals surface area (Å²) >= 11 is 0. The summed E-state index contributed by atoms with van der Waals surface area (Å²) in [6.45, 7) is 1.73. The first kappa shape index (κ1) is 33.8. The fraction of sp³-hybridized carbons (Fsp3) is 0.833. The molecule has 7 heteroatoms. The second-order valence-electron chi connectivity index (χ2n) is 10.5. The zero-order valence-corrected chi connectivity index (χ0v) is 23.2. The lowest BCUT2D eigenvalue weighted by Gasteiger charge is -2.40. The number of nitrogens with one attached hydrogen (secondary N) is 1. The third-order valence-electron chi connectivity index (χ3n) is 7.18. The minimum atomic E-state index is -1.51.